The Kier molecular flexibility index (Phi) is 8.53. The second kappa shape index (κ2) is 11.6. The topological polar surface area (TPSA) is 56.2 Å². The molecule has 1 fully saturated rings. The number of nitrogens with zero attached hydrogens (tertiary/aromatic N) is 5. The van der Waals surface area contributed by atoms with Crippen molar-refractivity contribution in [2.75, 3.05) is 58.3 Å². The van der Waals surface area contributed by atoms with Gasteiger partial charge in [0.15, 0.2) is 5.96 Å². The molecule has 7 nitrogen and oxygen atoms in total. The third-order valence-corrected chi connectivity index (χ3v) is 5.42. The SMILES string of the molecule is CCNC(=NCc1cccnc1N1CCN(C)CC1)N(C)Cc1ccc(OCC)cc1. The van der Waals surface area contributed by atoms with Crippen LogP contribution in [-0.4, -0.2) is 74.2 Å². The number of pyridine rings is 1. The van der Waals surface area contributed by atoms with E-state index in [9.17, 15) is 0 Å². The zero-order chi connectivity index (χ0) is 22.1. The van der Waals surface area contributed by atoms with Gasteiger partial charge in [-0.15, -0.1) is 0 Å². The highest BCUT2D eigenvalue weighted by Gasteiger charge is 2.18. The van der Waals surface area contributed by atoms with E-state index in [0.717, 1.165) is 62.4 Å². The van der Waals surface area contributed by atoms with E-state index >= 15 is 0 Å². The first-order valence-corrected chi connectivity index (χ1v) is 11.2. The van der Waals surface area contributed by atoms with Crippen molar-refractivity contribution in [1.82, 2.24) is 20.1 Å². The number of aromatic nitrogens is 1. The van der Waals surface area contributed by atoms with Crippen LogP contribution in [0.15, 0.2) is 47.6 Å². The fourth-order valence-corrected chi connectivity index (χ4v) is 3.69. The quantitative estimate of drug-likeness (QED) is 0.520. The normalized spacial score (nSPS) is 15.1. The number of likely N-dealkylation sites (N-methyl/N-ethyl adjacent to an activating group) is 1. The molecule has 168 valence electrons. The van der Waals surface area contributed by atoms with Crippen molar-refractivity contribution in [1.29, 1.82) is 0 Å². The number of ether oxygens (including phenoxy) is 1. The van der Waals surface area contributed by atoms with Crippen LogP contribution in [0.25, 0.3) is 0 Å². The standard InChI is InChI=1S/C24H36N6O/c1-5-25-24(29(4)19-20-9-11-22(12-10-20)31-6-2)27-18-21-8-7-13-26-23(21)30-16-14-28(3)15-17-30/h7-13H,5-6,14-19H2,1-4H3,(H,25,27). The number of nitrogens with one attached hydrogen (secondary N) is 1. The molecule has 2 heterocycles. The molecular formula is C24H36N6O. The van der Waals surface area contributed by atoms with Crippen LogP contribution >= 0.6 is 0 Å². The monoisotopic (exact) mass is 424 g/mol. The van der Waals surface area contributed by atoms with E-state index < -0.39 is 0 Å². The van der Waals surface area contributed by atoms with Gasteiger partial charge in [0.05, 0.1) is 13.2 Å². The van der Waals surface area contributed by atoms with Crippen LogP contribution in [0.3, 0.4) is 0 Å². The summed E-state index contributed by atoms with van der Waals surface area (Å²) >= 11 is 0. The Hall–Kier alpha value is -2.80. The van der Waals surface area contributed by atoms with E-state index in [1.54, 1.807) is 0 Å². The number of guanidine groups is 1. The van der Waals surface area contributed by atoms with Gasteiger partial charge in [0.1, 0.15) is 11.6 Å². The maximum Gasteiger partial charge on any atom is 0.194 e. The molecule has 2 aromatic rings. The van der Waals surface area contributed by atoms with Crippen LogP contribution in [0.4, 0.5) is 5.82 Å². The van der Waals surface area contributed by atoms with E-state index in [4.69, 9.17) is 9.73 Å². The summed E-state index contributed by atoms with van der Waals surface area (Å²) in [6.07, 6.45) is 1.88. The molecule has 0 unspecified atom stereocenters. The Morgan fingerprint density at radius 2 is 1.87 bits per heavy atom. The van der Waals surface area contributed by atoms with Gasteiger partial charge in [-0.3, -0.25) is 0 Å². The van der Waals surface area contributed by atoms with Gasteiger partial charge in [-0.25, -0.2) is 9.98 Å². The van der Waals surface area contributed by atoms with E-state index in [1.807, 2.05) is 31.3 Å². The molecule has 3 rings (SSSR count). The molecule has 0 atom stereocenters. The average Bonchev–Trinajstić information content (AvgIpc) is 2.79. The number of benzene rings is 1. The molecular weight excluding hydrogens is 388 g/mol. The highest BCUT2D eigenvalue weighted by Crippen LogP contribution is 2.20. The molecule has 1 aromatic heterocycles. The number of hydrogen-bond donors (Lipinski definition) is 1. The fourth-order valence-electron chi connectivity index (χ4n) is 3.69. The van der Waals surface area contributed by atoms with Gasteiger partial charge >= 0.3 is 0 Å². The predicted octanol–water partition coefficient (Wildman–Crippen LogP) is 2.83. The molecule has 0 saturated carbocycles. The van der Waals surface area contributed by atoms with Crippen molar-refractivity contribution in [2.45, 2.75) is 26.9 Å². The average molecular weight is 425 g/mol. The molecule has 1 aromatic carbocycles. The van der Waals surface area contributed by atoms with Gasteiger partial charge in [-0.2, -0.15) is 0 Å². The second-order valence-corrected chi connectivity index (χ2v) is 7.88. The number of piperazine rings is 1. The van der Waals surface area contributed by atoms with Crippen molar-refractivity contribution in [3.8, 4) is 5.75 Å². The van der Waals surface area contributed by atoms with Crippen molar-refractivity contribution < 1.29 is 4.74 Å². The lowest BCUT2D eigenvalue weighted by atomic mass is 10.2. The lowest BCUT2D eigenvalue weighted by Gasteiger charge is -2.34. The third kappa shape index (κ3) is 6.59. The zero-order valence-corrected chi connectivity index (χ0v) is 19.3. The minimum Gasteiger partial charge on any atom is -0.494 e. The molecule has 1 saturated heterocycles. The van der Waals surface area contributed by atoms with Gasteiger partial charge in [-0.1, -0.05) is 18.2 Å². The molecule has 1 aliphatic rings. The third-order valence-electron chi connectivity index (χ3n) is 5.42. The van der Waals surface area contributed by atoms with Crippen LogP contribution in [0.1, 0.15) is 25.0 Å². The van der Waals surface area contributed by atoms with E-state index in [-0.39, 0.29) is 0 Å². The maximum absolute atomic E-state index is 5.54. The first kappa shape index (κ1) is 22.9. The molecule has 0 radical (unpaired) electrons. The van der Waals surface area contributed by atoms with Crippen LogP contribution in [0, 0.1) is 0 Å². The molecule has 0 aliphatic carbocycles. The first-order valence-electron chi connectivity index (χ1n) is 11.2. The molecule has 7 heteroatoms. The summed E-state index contributed by atoms with van der Waals surface area (Å²) in [5.41, 5.74) is 2.38. The highest BCUT2D eigenvalue weighted by molar-refractivity contribution is 5.79. The highest BCUT2D eigenvalue weighted by atomic mass is 16.5. The first-order chi connectivity index (χ1) is 15.1. The summed E-state index contributed by atoms with van der Waals surface area (Å²) in [4.78, 5) is 16.5. The van der Waals surface area contributed by atoms with Gasteiger partial charge in [0.25, 0.3) is 0 Å². The smallest absolute Gasteiger partial charge is 0.194 e. The largest absolute Gasteiger partial charge is 0.494 e. The molecule has 0 bridgehead atoms. The molecule has 1 aliphatic heterocycles. The fraction of sp³-hybridized carbons (Fsp3) is 0.500. The van der Waals surface area contributed by atoms with Crippen molar-refractivity contribution in [2.24, 2.45) is 4.99 Å². The Balaban J connectivity index is 1.69. The Bertz CT molecular complexity index is 830. The van der Waals surface area contributed by atoms with Crippen LogP contribution in [0.2, 0.25) is 0 Å². The lowest BCUT2D eigenvalue weighted by molar-refractivity contribution is 0.312. The lowest BCUT2D eigenvalue weighted by Crippen LogP contribution is -2.45. The number of rotatable bonds is 8. The Morgan fingerprint density at radius 3 is 2.55 bits per heavy atom. The summed E-state index contributed by atoms with van der Waals surface area (Å²) in [6, 6.07) is 12.4. The maximum atomic E-state index is 5.54. The number of anilines is 1. The minimum atomic E-state index is 0.603. The zero-order valence-electron chi connectivity index (χ0n) is 19.3. The van der Waals surface area contributed by atoms with Crippen LogP contribution in [-0.2, 0) is 13.1 Å². The minimum absolute atomic E-state index is 0.603. The van der Waals surface area contributed by atoms with E-state index in [0.29, 0.717) is 13.2 Å². The van der Waals surface area contributed by atoms with Gasteiger partial charge in [-0.05, 0) is 44.7 Å². The summed E-state index contributed by atoms with van der Waals surface area (Å²) in [5, 5.41) is 3.42. The van der Waals surface area contributed by atoms with Crippen molar-refractivity contribution >= 4 is 11.8 Å². The molecule has 0 amide bonds. The second-order valence-electron chi connectivity index (χ2n) is 7.88. The Morgan fingerprint density at radius 1 is 1.13 bits per heavy atom. The summed E-state index contributed by atoms with van der Waals surface area (Å²) < 4.78 is 5.54. The Labute approximate surface area is 186 Å². The number of aliphatic imine (C=N–C) groups is 1. The number of hydrogen-bond acceptors (Lipinski definition) is 5. The molecule has 1 N–H and O–H groups in total. The van der Waals surface area contributed by atoms with Crippen LogP contribution in [0.5, 0.6) is 5.75 Å². The summed E-state index contributed by atoms with van der Waals surface area (Å²) in [6.45, 7) is 11.1. The van der Waals surface area contributed by atoms with Crippen LogP contribution < -0.4 is 15.0 Å². The van der Waals surface area contributed by atoms with Crippen molar-refractivity contribution in [3.63, 3.8) is 0 Å². The summed E-state index contributed by atoms with van der Waals surface area (Å²) in [7, 11) is 4.24. The van der Waals surface area contributed by atoms with Gasteiger partial charge < -0.3 is 24.8 Å². The van der Waals surface area contributed by atoms with E-state index in [2.05, 4.69) is 64.2 Å². The van der Waals surface area contributed by atoms with Gasteiger partial charge in [0, 0.05) is 58.1 Å². The molecule has 0 spiro atoms. The van der Waals surface area contributed by atoms with E-state index in [1.165, 1.54) is 5.56 Å². The van der Waals surface area contributed by atoms with Gasteiger partial charge in [0.2, 0.25) is 0 Å². The van der Waals surface area contributed by atoms with Crippen molar-refractivity contribution in [3.05, 3.63) is 53.7 Å². The summed E-state index contributed by atoms with van der Waals surface area (Å²) in [5.74, 6) is 2.86. The molecule has 31 heavy (non-hydrogen) atoms. The predicted molar refractivity (Wildman–Crippen MR) is 128 cm³/mol.